The molecule has 0 aromatic heterocycles. The van der Waals surface area contributed by atoms with Crippen molar-refractivity contribution < 1.29 is 9.53 Å². The number of rotatable bonds is 4. The molecule has 4 rings (SSSR count). The van der Waals surface area contributed by atoms with Crippen molar-refractivity contribution in [2.75, 3.05) is 5.32 Å². The van der Waals surface area contributed by atoms with Crippen molar-refractivity contribution in [1.82, 2.24) is 0 Å². The Balaban J connectivity index is 1.49. The van der Waals surface area contributed by atoms with E-state index in [0.717, 1.165) is 29.0 Å². The Kier molecular flexibility index (Phi) is 4.21. The van der Waals surface area contributed by atoms with Gasteiger partial charge in [-0.3, -0.25) is 4.79 Å². The average molecular weight is 329 g/mol. The van der Waals surface area contributed by atoms with E-state index in [1.807, 2.05) is 66.7 Å². The number of benzene rings is 3. The Hall–Kier alpha value is -3.07. The monoisotopic (exact) mass is 329 g/mol. The van der Waals surface area contributed by atoms with Gasteiger partial charge in [-0.05, 0) is 35.2 Å². The molecule has 0 bridgehead atoms. The summed E-state index contributed by atoms with van der Waals surface area (Å²) in [6.45, 7) is 0. The van der Waals surface area contributed by atoms with E-state index in [4.69, 9.17) is 4.74 Å². The third-order valence-electron chi connectivity index (χ3n) is 4.45. The number of fused-ring (bicyclic) bond motifs is 1. The van der Waals surface area contributed by atoms with Crippen LogP contribution < -0.4 is 10.1 Å². The third kappa shape index (κ3) is 3.41. The Bertz CT molecular complexity index is 864. The van der Waals surface area contributed by atoms with E-state index in [2.05, 4.69) is 17.4 Å². The van der Waals surface area contributed by atoms with Gasteiger partial charge < -0.3 is 10.1 Å². The van der Waals surface area contributed by atoms with Gasteiger partial charge in [-0.15, -0.1) is 0 Å². The van der Waals surface area contributed by atoms with Crippen LogP contribution in [0, 0.1) is 0 Å². The highest BCUT2D eigenvalue weighted by atomic mass is 16.5. The second kappa shape index (κ2) is 6.81. The molecule has 0 fully saturated rings. The highest BCUT2D eigenvalue weighted by Gasteiger charge is 2.29. The number of ether oxygens (including phenoxy) is 1. The average Bonchev–Trinajstić information content (AvgIpc) is 3.09. The minimum absolute atomic E-state index is 0.100. The highest BCUT2D eigenvalue weighted by molar-refractivity contribution is 5.95. The Morgan fingerprint density at radius 1 is 0.920 bits per heavy atom. The Morgan fingerprint density at radius 3 is 2.48 bits per heavy atom. The first-order valence-electron chi connectivity index (χ1n) is 8.47. The molecular weight excluding hydrogens is 310 g/mol. The fraction of sp³-hybridized carbons (Fsp3) is 0.136. The summed E-state index contributed by atoms with van der Waals surface area (Å²) in [5.74, 6) is 0.705. The summed E-state index contributed by atoms with van der Waals surface area (Å²) in [5, 5.41) is 3.04. The molecule has 0 aliphatic carbocycles. The maximum atomic E-state index is 12.7. The summed E-state index contributed by atoms with van der Waals surface area (Å²) in [5.41, 5.74) is 4.24. The first-order chi connectivity index (χ1) is 12.3. The van der Waals surface area contributed by atoms with Gasteiger partial charge in [-0.2, -0.15) is 0 Å². The van der Waals surface area contributed by atoms with Gasteiger partial charge >= 0.3 is 0 Å². The molecule has 3 aromatic carbocycles. The van der Waals surface area contributed by atoms with E-state index in [0.29, 0.717) is 6.42 Å². The van der Waals surface area contributed by atoms with E-state index < -0.39 is 6.10 Å². The van der Waals surface area contributed by atoms with Crippen LogP contribution in [0.3, 0.4) is 0 Å². The molecule has 1 aliphatic rings. The number of para-hydroxylation sites is 2. The maximum Gasteiger partial charge on any atom is 0.265 e. The minimum Gasteiger partial charge on any atom is -0.480 e. The van der Waals surface area contributed by atoms with Crippen molar-refractivity contribution >= 4 is 11.6 Å². The third-order valence-corrected chi connectivity index (χ3v) is 4.45. The summed E-state index contributed by atoms with van der Waals surface area (Å²) in [6.07, 6.45) is 0.925. The number of hydrogen-bond donors (Lipinski definition) is 1. The lowest BCUT2D eigenvalue weighted by molar-refractivity contribution is -0.122. The second-order valence-electron chi connectivity index (χ2n) is 6.23. The molecule has 3 aromatic rings. The largest absolute Gasteiger partial charge is 0.480 e. The molecule has 1 unspecified atom stereocenters. The van der Waals surface area contributed by atoms with Gasteiger partial charge in [0.05, 0.1) is 0 Å². The number of carbonyl (C=O) groups excluding carboxylic acids is 1. The first-order valence-corrected chi connectivity index (χ1v) is 8.47. The Morgan fingerprint density at radius 2 is 1.64 bits per heavy atom. The quantitative estimate of drug-likeness (QED) is 0.778. The molecular formula is C22H19NO2. The number of nitrogens with one attached hydrogen (secondary N) is 1. The van der Waals surface area contributed by atoms with Crippen LogP contribution in [0.1, 0.15) is 16.7 Å². The van der Waals surface area contributed by atoms with Crippen LogP contribution in [-0.4, -0.2) is 12.0 Å². The smallest absolute Gasteiger partial charge is 0.265 e. The fourth-order valence-electron chi connectivity index (χ4n) is 3.15. The van der Waals surface area contributed by atoms with Crippen LogP contribution >= 0.6 is 0 Å². The number of hydrogen-bond acceptors (Lipinski definition) is 2. The van der Waals surface area contributed by atoms with E-state index in [9.17, 15) is 4.79 Å². The molecule has 3 heteroatoms. The predicted molar refractivity (Wildman–Crippen MR) is 98.9 cm³/mol. The van der Waals surface area contributed by atoms with Crippen LogP contribution in [0.15, 0.2) is 78.9 Å². The summed E-state index contributed by atoms with van der Waals surface area (Å²) in [6, 6.07) is 26.0. The molecule has 0 radical (unpaired) electrons. The van der Waals surface area contributed by atoms with Crippen LogP contribution in [0.25, 0.3) is 0 Å². The van der Waals surface area contributed by atoms with Crippen molar-refractivity contribution in [2.45, 2.75) is 18.9 Å². The summed E-state index contributed by atoms with van der Waals surface area (Å²) >= 11 is 0. The molecule has 1 atom stereocenters. The normalized spacial score (nSPS) is 15.3. The topological polar surface area (TPSA) is 38.3 Å². The van der Waals surface area contributed by atoms with Gasteiger partial charge in [0, 0.05) is 12.1 Å². The minimum atomic E-state index is -0.470. The van der Waals surface area contributed by atoms with E-state index in [1.54, 1.807) is 0 Å². The molecule has 25 heavy (non-hydrogen) atoms. The van der Waals surface area contributed by atoms with E-state index >= 15 is 0 Å². The van der Waals surface area contributed by atoms with Crippen molar-refractivity contribution in [1.29, 1.82) is 0 Å². The summed E-state index contributed by atoms with van der Waals surface area (Å²) in [7, 11) is 0. The van der Waals surface area contributed by atoms with Crippen LogP contribution in [0.2, 0.25) is 0 Å². The molecule has 124 valence electrons. The fourth-order valence-corrected chi connectivity index (χ4v) is 3.15. The van der Waals surface area contributed by atoms with E-state index in [1.165, 1.54) is 5.56 Å². The molecule has 1 N–H and O–H groups in total. The van der Waals surface area contributed by atoms with Gasteiger partial charge in [0.2, 0.25) is 0 Å². The Labute approximate surface area is 147 Å². The van der Waals surface area contributed by atoms with Crippen LogP contribution in [0.5, 0.6) is 5.75 Å². The lowest BCUT2D eigenvalue weighted by Crippen LogP contribution is -2.31. The van der Waals surface area contributed by atoms with Crippen molar-refractivity contribution in [2.24, 2.45) is 0 Å². The van der Waals surface area contributed by atoms with Gasteiger partial charge in [-0.1, -0.05) is 66.7 Å². The molecule has 3 nitrogen and oxygen atoms in total. The van der Waals surface area contributed by atoms with Crippen LogP contribution in [0.4, 0.5) is 5.69 Å². The zero-order valence-electron chi connectivity index (χ0n) is 13.8. The number of amides is 1. The van der Waals surface area contributed by atoms with Gasteiger partial charge in [0.15, 0.2) is 6.10 Å². The molecule has 1 heterocycles. The summed E-state index contributed by atoms with van der Waals surface area (Å²) < 4.78 is 5.79. The van der Waals surface area contributed by atoms with Crippen LogP contribution in [-0.2, 0) is 17.6 Å². The van der Waals surface area contributed by atoms with E-state index in [-0.39, 0.29) is 5.91 Å². The van der Waals surface area contributed by atoms with Gasteiger partial charge in [0.25, 0.3) is 5.91 Å². The van der Waals surface area contributed by atoms with Gasteiger partial charge in [0.1, 0.15) is 5.75 Å². The lowest BCUT2D eigenvalue weighted by atomic mass is 10.0. The number of carbonyl (C=O) groups is 1. The summed E-state index contributed by atoms with van der Waals surface area (Å²) in [4.78, 5) is 12.7. The standard InChI is InChI=1S/C22H19NO2/c24-22(21-15-18-11-5-7-13-20(18)25-21)23-19-12-6-4-10-17(19)14-16-8-2-1-3-9-16/h1-13,21H,14-15H2,(H,23,24). The van der Waals surface area contributed by atoms with Crippen molar-refractivity contribution in [3.63, 3.8) is 0 Å². The highest BCUT2D eigenvalue weighted by Crippen LogP contribution is 2.29. The zero-order chi connectivity index (χ0) is 17.1. The lowest BCUT2D eigenvalue weighted by Gasteiger charge is -2.14. The number of anilines is 1. The first kappa shape index (κ1) is 15.5. The maximum absolute atomic E-state index is 12.7. The van der Waals surface area contributed by atoms with Gasteiger partial charge in [-0.25, -0.2) is 0 Å². The van der Waals surface area contributed by atoms with Crippen molar-refractivity contribution in [3.8, 4) is 5.75 Å². The molecule has 0 spiro atoms. The molecule has 0 saturated heterocycles. The molecule has 0 saturated carbocycles. The SMILES string of the molecule is O=C(Nc1ccccc1Cc1ccccc1)C1Cc2ccccc2O1. The molecule has 1 aliphatic heterocycles. The second-order valence-corrected chi connectivity index (χ2v) is 6.23. The zero-order valence-corrected chi connectivity index (χ0v) is 13.8. The van der Waals surface area contributed by atoms with Crippen molar-refractivity contribution in [3.05, 3.63) is 95.6 Å². The molecule has 1 amide bonds. The predicted octanol–water partition coefficient (Wildman–Crippen LogP) is 4.22.